The van der Waals surface area contributed by atoms with Gasteiger partial charge in [-0.1, -0.05) is 6.92 Å². The van der Waals surface area contributed by atoms with Gasteiger partial charge in [0.2, 0.25) is 0 Å². The lowest BCUT2D eigenvalue weighted by atomic mass is 10.5. The Morgan fingerprint density at radius 1 is 1.55 bits per heavy atom. The molecule has 68 valence electrons. The minimum atomic E-state index is -4.03. The predicted molar refractivity (Wildman–Crippen MR) is 41.2 cm³/mol. The van der Waals surface area contributed by atoms with Crippen LogP contribution in [0.1, 0.15) is 13.3 Å². The van der Waals surface area contributed by atoms with E-state index in [9.17, 15) is 4.57 Å². The van der Waals surface area contributed by atoms with Gasteiger partial charge in [-0.05, 0) is 6.42 Å². The van der Waals surface area contributed by atoms with E-state index in [0.29, 0.717) is 6.42 Å². The number of aliphatic hydroxyl groups excluding tert-OH is 1. The van der Waals surface area contributed by atoms with Crippen LogP contribution in [0, 0.1) is 0 Å². The molecule has 1 unspecified atom stereocenters. The van der Waals surface area contributed by atoms with Crippen LogP contribution in [0.5, 0.6) is 0 Å². The first-order chi connectivity index (χ1) is 5.02. The van der Waals surface area contributed by atoms with Crippen LogP contribution in [-0.4, -0.2) is 33.8 Å². The summed E-state index contributed by atoms with van der Waals surface area (Å²) in [5.74, 6) is -0.824. The molecule has 0 fully saturated rings. The molecular formula is C5H14NO4P. The fourth-order valence-corrected chi connectivity index (χ4v) is 1.57. The third kappa shape index (κ3) is 4.50. The summed E-state index contributed by atoms with van der Waals surface area (Å²) >= 11 is 0. The summed E-state index contributed by atoms with van der Waals surface area (Å²) in [6, 6.07) is 0. The van der Waals surface area contributed by atoms with Crippen LogP contribution in [0.4, 0.5) is 0 Å². The Balaban J connectivity index is 3.86. The number of aliphatic hydroxyl groups is 1. The van der Waals surface area contributed by atoms with Gasteiger partial charge in [0.1, 0.15) is 5.78 Å². The van der Waals surface area contributed by atoms with Crippen molar-refractivity contribution >= 4 is 7.60 Å². The lowest BCUT2D eigenvalue weighted by molar-refractivity contribution is 0.282. The van der Waals surface area contributed by atoms with Crippen LogP contribution in [0.3, 0.4) is 0 Å². The molecule has 0 radical (unpaired) electrons. The second kappa shape index (κ2) is 4.85. The first-order valence-corrected chi connectivity index (χ1v) is 5.10. The molecule has 0 saturated carbocycles. The van der Waals surface area contributed by atoms with Crippen molar-refractivity contribution in [2.75, 3.05) is 13.2 Å². The smallest absolute Gasteiger partial charge is 0.342 e. The molecule has 0 aliphatic heterocycles. The molecule has 5 nitrogen and oxygen atoms in total. The van der Waals surface area contributed by atoms with Gasteiger partial charge in [-0.15, -0.1) is 0 Å². The zero-order valence-corrected chi connectivity index (χ0v) is 7.29. The van der Waals surface area contributed by atoms with Crippen LogP contribution in [0.15, 0.2) is 0 Å². The van der Waals surface area contributed by atoms with Crippen molar-refractivity contribution in [2.24, 2.45) is 0 Å². The zero-order chi connectivity index (χ0) is 8.91. The van der Waals surface area contributed by atoms with Crippen LogP contribution >= 0.6 is 7.60 Å². The Hall–Kier alpha value is 0.0700. The summed E-state index contributed by atoms with van der Waals surface area (Å²) in [6.45, 7) is 1.77. The van der Waals surface area contributed by atoms with E-state index in [4.69, 9.17) is 14.9 Å². The Labute approximate surface area is 65.6 Å². The van der Waals surface area contributed by atoms with Crippen molar-refractivity contribution in [2.45, 2.75) is 19.1 Å². The fraction of sp³-hybridized carbons (Fsp3) is 1.00. The molecule has 0 aliphatic carbocycles. The predicted octanol–water partition coefficient (Wildman–Crippen LogP) is -0.518. The Kier molecular flexibility index (Phi) is 4.88. The minimum absolute atomic E-state index is 0.115. The first-order valence-electron chi connectivity index (χ1n) is 3.41. The van der Waals surface area contributed by atoms with Gasteiger partial charge in [-0.2, -0.15) is 0 Å². The molecule has 1 atom stereocenters. The molecule has 0 spiro atoms. The van der Waals surface area contributed by atoms with E-state index in [1.54, 1.807) is 6.92 Å². The molecule has 4 N–H and O–H groups in total. The van der Waals surface area contributed by atoms with Gasteiger partial charge in [0, 0.05) is 6.54 Å². The van der Waals surface area contributed by atoms with Gasteiger partial charge in [-0.25, -0.2) is 0 Å². The second-order valence-corrected chi connectivity index (χ2v) is 3.99. The number of nitrogens with one attached hydrogen (secondary N) is 1. The van der Waals surface area contributed by atoms with Gasteiger partial charge in [-0.3, -0.25) is 4.57 Å². The lowest BCUT2D eigenvalue weighted by Crippen LogP contribution is -2.30. The van der Waals surface area contributed by atoms with E-state index in [-0.39, 0.29) is 13.2 Å². The average molecular weight is 183 g/mol. The molecule has 0 amide bonds. The zero-order valence-electron chi connectivity index (χ0n) is 6.40. The van der Waals surface area contributed by atoms with Crippen LogP contribution in [0.2, 0.25) is 0 Å². The van der Waals surface area contributed by atoms with E-state index < -0.39 is 13.4 Å². The normalized spacial score (nSPS) is 14.9. The molecule has 0 aromatic heterocycles. The van der Waals surface area contributed by atoms with E-state index in [1.807, 2.05) is 0 Å². The highest BCUT2D eigenvalue weighted by Crippen LogP contribution is 2.40. The molecule has 0 bridgehead atoms. The molecule has 11 heavy (non-hydrogen) atoms. The third-order valence-corrected chi connectivity index (χ3v) is 2.64. The molecule has 0 saturated heterocycles. The van der Waals surface area contributed by atoms with Crippen molar-refractivity contribution in [1.82, 2.24) is 5.32 Å². The Bertz CT molecular complexity index is 145. The van der Waals surface area contributed by atoms with Crippen LogP contribution < -0.4 is 5.32 Å². The number of hydrogen-bond acceptors (Lipinski definition) is 3. The van der Waals surface area contributed by atoms with Gasteiger partial charge in [0.25, 0.3) is 0 Å². The fourth-order valence-electron chi connectivity index (χ4n) is 0.732. The van der Waals surface area contributed by atoms with Crippen molar-refractivity contribution in [3.8, 4) is 0 Å². The van der Waals surface area contributed by atoms with Crippen molar-refractivity contribution in [1.29, 1.82) is 0 Å². The maximum Gasteiger partial charge on any atom is 0.342 e. The van der Waals surface area contributed by atoms with E-state index in [1.165, 1.54) is 0 Å². The highest BCUT2D eigenvalue weighted by molar-refractivity contribution is 7.52. The Morgan fingerprint density at radius 2 is 2.09 bits per heavy atom. The highest BCUT2D eigenvalue weighted by atomic mass is 31.2. The summed E-state index contributed by atoms with van der Waals surface area (Å²) < 4.78 is 10.6. The molecule has 0 rings (SSSR count). The lowest BCUT2D eigenvalue weighted by Gasteiger charge is -2.16. The highest BCUT2D eigenvalue weighted by Gasteiger charge is 2.25. The standard InChI is InChI=1S/C5H14NO4P/c1-2-5(6-3-4-7)11(8,9)10/h5-7H,2-4H2,1H3,(H2,8,9,10). The maximum absolute atomic E-state index is 10.6. The third-order valence-electron chi connectivity index (χ3n) is 1.28. The van der Waals surface area contributed by atoms with Crippen molar-refractivity contribution in [3.05, 3.63) is 0 Å². The minimum Gasteiger partial charge on any atom is -0.395 e. The summed E-state index contributed by atoms with van der Waals surface area (Å²) in [5, 5.41) is 10.9. The molecule has 0 heterocycles. The maximum atomic E-state index is 10.6. The SMILES string of the molecule is CCC(NCCO)P(=O)(O)O. The number of hydrogen-bond donors (Lipinski definition) is 4. The van der Waals surface area contributed by atoms with Gasteiger partial charge in [0.05, 0.1) is 6.61 Å². The second-order valence-electron chi connectivity index (χ2n) is 2.19. The average Bonchev–Trinajstić information content (AvgIpc) is 1.87. The molecule has 0 aromatic carbocycles. The summed E-state index contributed by atoms with van der Waals surface area (Å²) in [6.07, 6.45) is 0.351. The summed E-state index contributed by atoms with van der Waals surface area (Å²) in [5.41, 5.74) is 0. The molecular weight excluding hydrogens is 169 g/mol. The van der Waals surface area contributed by atoms with Gasteiger partial charge in [0.15, 0.2) is 0 Å². The largest absolute Gasteiger partial charge is 0.395 e. The number of rotatable bonds is 5. The van der Waals surface area contributed by atoms with Crippen LogP contribution in [0.25, 0.3) is 0 Å². The van der Waals surface area contributed by atoms with E-state index in [0.717, 1.165) is 0 Å². The first kappa shape index (κ1) is 11.1. The van der Waals surface area contributed by atoms with Gasteiger partial charge >= 0.3 is 7.60 Å². The van der Waals surface area contributed by atoms with Crippen molar-refractivity contribution < 1.29 is 19.5 Å². The van der Waals surface area contributed by atoms with E-state index in [2.05, 4.69) is 5.32 Å². The molecule has 0 aromatic rings. The Morgan fingerprint density at radius 3 is 2.36 bits per heavy atom. The monoisotopic (exact) mass is 183 g/mol. The molecule has 0 aliphatic rings. The summed E-state index contributed by atoms with van der Waals surface area (Å²) in [7, 11) is -4.03. The quantitative estimate of drug-likeness (QED) is 0.431. The van der Waals surface area contributed by atoms with Crippen LogP contribution in [-0.2, 0) is 4.57 Å². The molecule has 6 heteroatoms. The van der Waals surface area contributed by atoms with Crippen molar-refractivity contribution in [3.63, 3.8) is 0 Å². The van der Waals surface area contributed by atoms with E-state index >= 15 is 0 Å². The topological polar surface area (TPSA) is 89.8 Å². The van der Waals surface area contributed by atoms with Gasteiger partial charge < -0.3 is 20.2 Å². The summed E-state index contributed by atoms with van der Waals surface area (Å²) in [4.78, 5) is 17.3.